The number of furan rings is 1. The minimum Gasteiger partial charge on any atom is -0.482 e. The van der Waals surface area contributed by atoms with E-state index in [0.717, 1.165) is 6.26 Å². The van der Waals surface area contributed by atoms with Gasteiger partial charge in [0.05, 0.1) is 5.69 Å². The first kappa shape index (κ1) is 22.1. The largest absolute Gasteiger partial charge is 0.482 e. The number of amides is 1. The van der Waals surface area contributed by atoms with Crippen LogP contribution in [0.5, 0.6) is 5.75 Å². The van der Waals surface area contributed by atoms with E-state index in [9.17, 15) is 27.5 Å². The van der Waals surface area contributed by atoms with Gasteiger partial charge in [0.1, 0.15) is 34.4 Å². The topological polar surface area (TPSA) is 135 Å². The average molecular weight is 450 g/mol. The summed E-state index contributed by atoms with van der Waals surface area (Å²) in [6.45, 7) is -0.374. The number of benzene rings is 2. The number of aromatic carboxylic acids is 1. The third-order valence-electron chi connectivity index (χ3n) is 4.27. The molecule has 0 saturated heterocycles. The van der Waals surface area contributed by atoms with Crippen LogP contribution in [0.4, 0.5) is 10.1 Å². The molecular formula is C20H19FN2O7S. The Hall–Kier alpha value is -3.60. The monoisotopic (exact) mass is 450 g/mol. The van der Waals surface area contributed by atoms with Crippen LogP contribution in [0.25, 0.3) is 22.3 Å². The van der Waals surface area contributed by atoms with E-state index < -0.39 is 33.4 Å². The number of carbonyl (C=O) groups is 2. The average Bonchev–Trinajstić information content (AvgIpc) is 3.08. The van der Waals surface area contributed by atoms with Gasteiger partial charge in [-0.15, -0.1) is 0 Å². The molecule has 164 valence electrons. The lowest BCUT2D eigenvalue weighted by molar-refractivity contribution is -0.122. The Morgan fingerprint density at radius 3 is 2.45 bits per heavy atom. The minimum absolute atomic E-state index is 0.0000132. The van der Waals surface area contributed by atoms with E-state index in [2.05, 4.69) is 10.6 Å². The number of nitrogens with one attached hydrogen (secondary N) is 2. The molecule has 9 nitrogen and oxygen atoms in total. The smallest absolute Gasteiger partial charge is 0.340 e. The van der Waals surface area contributed by atoms with Crippen LogP contribution < -0.4 is 15.4 Å². The number of halogens is 1. The zero-order valence-corrected chi connectivity index (χ0v) is 17.4. The molecule has 0 spiro atoms. The molecule has 0 saturated carbocycles. The van der Waals surface area contributed by atoms with Crippen LogP contribution in [0, 0.1) is 5.82 Å². The Morgan fingerprint density at radius 1 is 1.19 bits per heavy atom. The highest BCUT2D eigenvalue weighted by molar-refractivity contribution is 7.90. The molecule has 3 aromatic rings. The Balaban J connectivity index is 2.16. The molecular weight excluding hydrogens is 431 g/mol. The first-order chi connectivity index (χ1) is 14.6. The molecule has 0 aliphatic rings. The third-order valence-corrected chi connectivity index (χ3v) is 4.94. The lowest BCUT2D eigenvalue weighted by Gasteiger charge is -2.12. The molecule has 0 unspecified atom stereocenters. The minimum atomic E-state index is -3.40. The summed E-state index contributed by atoms with van der Waals surface area (Å²) in [6, 6.07) is 7.84. The summed E-state index contributed by atoms with van der Waals surface area (Å²) in [6.07, 6.45) is 1.03. The number of carboxylic acids is 1. The van der Waals surface area contributed by atoms with Crippen LogP contribution in [0.3, 0.4) is 0 Å². The highest BCUT2D eigenvalue weighted by Gasteiger charge is 2.24. The maximum atomic E-state index is 13.3. The molecule has 31 heavy (non-hydrogen) atoms. The van der Waals surface area contributed by atoms with Gasteiger partial charge in [0.25, 0.3) is 5.91 Å². The SMILES string of the molecule is CNC(=O)COc1cc2c(C(=O)O)c(-c3ccc(F)cc3)oc2cc1NCS(C)(=O)=O. The number of carbonyl (C=O) groups excluding carboxylic acids is 1. The molecule has 0 bridgehead atoms. The Labute approximate surface area is 176 Å². The van der Waals surface area contributed by atoms with Crippen molar-refractivity contribution in [1.29, 1.82) is 0 Å². The molecule has 0 aliphatic heterocycles. The van der Waals surface area contributed by atoms with Crippen LogP contribution in [0.2, 0.25) is 0 Å². The molecule has 0 atom stereocenters. The lowest BCUT2D eigenvalue weighted by Crippen LogP contribution is -2.25. The zero-order valence-electron chi connectivity index (χ0n) is 16.6. The Kier molecular flexibility index (Phi) is 6.16. The van der Waals surface area contributed by atoms with E-state index in [4.69, 9.17) is 9.15 Å². The zero-order chi connectivity index (χ0) is 22.8. The van der Waals surface area contributed by atoms with Gasteiger partial charge in [0.15, 0.2) is 16.4 Å². The molecule has 3 rings (SSSR count). The molecule has 1 heterocycles. The summed E-state index contributed by atoms with van der Waals surface area (Å²) in [7, 11) is -1.98. The summed E-state index contributed by atoms with van der Waals surface area (Å²) in [5, 5.41) is 15.0. The highest BCUT2D eigenvalue weighted by atomic mass is 32.2. The number of hydrogen-bond acceptors (Lipinski definition) is 7. The predicted molar refractivity (Wildman–Crippen MR) is 111 cm³/mol. The lowest BCUT2D eigenvalue weighted by atomic mass is 10.0. The third kappa shape index (κ3) is 5.12. The number of anilines is 1. The molecule has 3 N–H and O–H groups in total. The number of rotatable bonds is 8. The highest BCUT2D eigenvalue weighted by Crippen LogP contribution is 2.39. The van der Waals surface area contributed by atoms with Crippen LogP contribution >= 0.6 is 0 Å². The molecule has 1 amide bonds. The molecule has 11 heteroatoms. The number of carboxylic acid groups (broad SMARTS) is 1. The van der Waals surface area contributed by atoms with E-state index in [1.807, 2.05) is 0 Å². The quantitative estimate of drug-likeness (QED) is 0.476. The van der Waals surface area contributed by atoms with Crippen molar-refractivity contribution in [2.45, 2.75) is 0 Å². The van der Waals surface area contributed by atoms with Gasteiger partial charge in [0, 0.05) is 30.3 Å². The van der Waals surface area contributed by atoms with Gasteiger partial charge < -0.3 is 24.9 Å². The van der Waals surface area contributed by atoms with Crippen molar-refractivity contribution in [3.8, 4) is 17.1 Å². The van der Waals surface area contributed by atoms with Crippen molar-refractivity contribution in [1.82, 2.24) is 5.32 Å². The first-order valence-corrected chi connectivity index (χ1v) is 11.0. The Bertz CT molecular complexity index is 1250. The fourth-order valence-corrected chi connectivity index (χ4v) is 3.24. The fraction of sp³-hybridized carbons (Fsp3) is 0.200. The van der Waals surface area contributed by atoms with E-state index in [-0.39, 0.29) is 40.3 Å². The van der Waals surface area contributed by atoms with Crippen molar-refractivity contribution >= 4 is 38.4 Å². The Morgan fingerprint density at radius 2 is 1.87 bits per heavy atom. The van der Waals surface area contributed by atoms with Crippen LogP contribution in [0.15, 0.2) is 40.8 Å². The second-order valence-corrected chi connectivity index (χ2v) is 8.81. The molecule has 0 radical (unpaired) electrons. The van der Waals surface area contributed by atoms with Gasteiger partial charge in [-0.05, 0) is 30.3 Å². The summed E-state index contributed by atoms with van der Waals surface area (Å²) in [4.78, 5) is 23.5. The van der Waals surface area contributed by atoms with E-state index in [1.165, 1.54) is 43.4 Å². The normalized spacial score (nSPS) is 11.3. The molecule has 0 aliphatic carbocycles. The molecule has 2 aromatic carbocycles. The van der Waals surface area contributed by atoms with Crippen LogP contribution in [-0.2, 0) is 14.6 Å². The summed E-state index contributed by atoms with van der Waals surface area (Å²) >= 11 is 0. The first-order valence-electron chi connectivity index (χ1n) is 8.94. The number of ether oxygens (including phenoxy) is 1. The predicted octanol–water partition coefficient (Wildman–Crippen LogP) is 2.48. The van der Waals surface area contributed by atoms with Crippen LogP contribution in [-0.4, -0.2) is 51.2 Å². The maximum Gasteiger partial charge on any atom is 0.340 e. The van der Waals surface area contributed by atoms with Gasteiger partial charge in [-0.3, -0.25) is 4.79 Å². The second kappa shape index (κ2) is 8.64. The number of sulfone groups is 1. The molecule has 1 aromatic heterocycles. The van der Waals surface area contributed by atoms with Crippen molar-refractivity contribution in [2.24, 2.45) is 0 Å². The number of hydrogen-bond donors (Lipinski definition) is 3. The summed E-state index contributed by atoms with van der Waals surface area (Å²) in [5.74, 6) is -2.58. The second-order valence-electron chi connectivity index (χ2n) is 6.67. The van der Waals surface area contributed by atoms with Crippen molar-refractivity contribution < 1.29 is 36.7 Å². The van der Waals surface area contributed by atoms with E-state index in [0.29, 0.717) is 5.56 Å². The van der Waals surface area contributed by atoms with Gasteiger partial charge in [-0.1, -0.05) is 0 Å². The number of likely N-dealkylation sites (N-methyl/N-ethyl adjacent to an activating group) is 1. The maximum absolute atomic E-state index is 13.3. The van der Waals surface area contributed by atoms with Crippen LogP contribution in [0.1, 0.15) is 10.4 Å². The summed E-state index contributed by atoms with van der Waals surface area (Å²) in [5.41, 5.74) is 0.493. The van der Waals surface area contributed by atoms with Crippen molar-refractivity contribution in [2.75, 3.05) is 31.1 Å². The fourth-order valence-electron chi connectivity index (χ4n) is 2.82. The van der Waals surface area contributed by atoms with Gasteiger partial charge in [-0.2, -0.15) is 0 Å². The summed E-state index contributed by atoms with van der Waals surface area (Å²) < 4.78 is 47.6. The van der Waals surface area contributed by atoms with E-state index in [1.54, 1.807) is 0 Å². The van der Waals surface area contributed by atoms with Gasteiger partial charge in [-0.25, -0.2) is 17.6 Å². The molecule has 0 fully saturated rings. The van der Waals surface area contributed by atoms with Gasteiger partial charge >= 0.3 is 5.97 Å². The standard InChI is InChI=1S/C20H19FN2O7S/c1-22-17(24)9-29-16-7-13-15(8-14(16)23-10-31(2,27)28)30-19(18(13)20(25)26)11-3-5-12(21)6-4-11/h3-8,23H,9-10H2,1-2H3,(H,22,24)(H,25,26). The van der Waals surface area contributed by atoms with E-state index >= 15 is 0 Å². The van der Waals surface area contributed by atoms with Crippen molar-refractivity contribution in [3.63, 3.8) is 0 Å². The van der Waals surface area contributed by atoms with Crippen molar-refractivity contribution in [3.05, 3.63) is 47.8 Å². The van der Waals surface area contributed by atoms with Gasteiger partial charge in [0.2, 0.25) is 0 Å². The number of fused-ring (bicyclic) bond motifs is 1.